The fourth-order valence-corrected chi connectivity index (χ4v) is 1.65. The highest BCUT2D eigenvalue weighted by Crippen LogP contribution is 2.67. The second-order valence-electron chi connectivity index (χ2n) is 4.56. The van der Waals surface area contributed by atoms with Crippen LogP contribution < -0.4 is 6.15 Å². The van der Waals surface area contributed by atoms with Gasteiger partial charge < -0.3 is 11.3 Å². The van der Waals surface area contributed by atoms with Gasteiger partial charge in [0.25, 0.3) is 0 Å². The minimum atomic E-state index is -7.73. The third-order valence-corrected chi connectivity index (χ3v) is 3.03. The summed E-state index contributed by atoms with van der Waals surface area (Å²) in [6.45, 7) is 0. The Morgan fingerprint density at radius 1 is 0.692 bits per heavy atom. The van der Waals surface area contributed by atoms with Crippen molar-refractivity contribution in [3.8, 4) is 0 Å². The predicted octanol–water partition coefficient (Wildman–Crippen LogP) is 3.87. The van der Waals surface area contributed by atoms with E-state index in [1.54, 1.807) is 0 Å². The normalized spacial score (nSPS) is 26.7. The summed E-state index contributed by atoms with van der Waals surface area (Å²) in [4.78, 5) is 5.70. The molecule has 1 rings (SSSR count). The van der Waals surface area contributed by atoms with Crippen LogP contribution in [0, 0.1) is 0 Å². The number of piperidine rings is 1. The molecule has 0 aromatic carbocycles. The number of carbonyl (C=O) groups is 1. The molecule has 18 heteroatoms. The molecule has 1 heterocycles. The SMILES string of the molecule is N.O=C(O)C(F)(F)C(F)(F)N1C(F)(F)C(F)(F)C(F)(F)C(F)(F)C1(F)F. The average molecular weight is 426 g/mol. The molecule has 0 aromatic rings. The van der Waals surface area contributed by atoms with E-state index in [4.69, 9.17) is 5.11 Å². The Balaban J connectivity index is 0.00000625. The van der Waals surface area contributed by atoms with Gasteiger partial charge in [-0.2, -0.15) is 61.5 Å². The highest BCUT2D eigenvalue weighted by atomic mass is 19.4. The van der Waals surface area contributed by atoms with Crippen LogP contribution in [0.15, 0.2) is 0 Å². The summed E-state index contributed by atoms with van der Waals surface area (Å²) in [5, 5.41) is 7.74. The Kier molecular flexibility index (Phi) is 5.12. The van der Waals surface area contributed by atoms with E-state index >= 15 is 0 Å². The fourth-order valence-electron chi connectivity index (χ4n) is 1.65. The van der Waals surface area contributed by atoms with Crippen LogP contribution in [-0.4, -0.2) is 57.8 Å². The molecule has 0 radical (unpaired) electrons. The number of halogens is 14. The molecule has 0 unspecified atom stereocenters. The van der Waals surface area contributed by atoms with Crippen molar-refractivity contribution in [1.82, 2.24) is 11.1 Å². The minimum Gasteiger partial charge on any atom is -0.477 e. The molecule has 4 N–H and O–H groups in total. The monoisotopic (exact) mass is 426 g/mol. The van der Waals surface area contributed by atoms with E-state index in [1.807, 2.05) is 0 Å². The van der Waals surface area contributed by atoms with Gasteiger partial charge in [0.15, 0.2) is 0 Å². The molecule has 0 amide bonds. The number of nitrogens with zero attached hydrogens (tertiary/aromatic N) is 1. The van der Waals surface area contributed by atoms with E-state index in [-0.39, 0.29) is 6.15 Å². The van der Waals surface area contributed by atoms with Crippen LogP contribution in [0.1, 0.15) is 0 Å². The average Bonchev–Trinajstić information content (AvgIpc) is 2.34. The highest BCUT2D eigenvalue weighted by molar-refractivity contribution is 5.76. The van der Waals surface area contributed by atoms with Gasteiger partial charge in [0, 0.05) is 0 Å². The van der Waals surface area contributed by atoms with Crippen LogP contribution in [0.5, 0.6) is 0 Å². The lowest BCUT2D eigenvalue weighted by Crippen LogP contribution is -2.85. The van der Waals surface area contributed by atoms with E-state index in [2.05, 4.69) is 0 Å². The molecule has 0 atom stereocenters. The Morgan fingerprint density at radius 2 is 0.962 bits per heavy atom. The van der Waals surface area contributed by atoms with Gasteiger partial charge in [-0.3, -0.25) is 0 Å². The summed E-state index contributed by atoms with van der Waals surface area (Å²) >= 11 is 0. The second-order valence-corrected chi connectivity index (χ2v) is 4.56. The van der Waals surface area contributed by atoms with Crippen LogP contribution >= 0.6 is 0 Å². The molecule has 1 saturated heterocycles. The van der Waals surface area contributed by atoms with Crippen molar-refractivity contribution in [2.24, 2.45) is 0 Å². The van der Waals surface area contributed by atoms with Crippen LogP contribution in [0.4, 0.5) is 61.5 Å². The number of alkyl halides is 14. The van der Waals surface area contributed by atoms with Gasteiger partial charge in [0.2, 0.25) is 0 Å². The summed E-state index contributed by atoms with van der Waals surface area (Å²) in [5.41, 5.74) is 0. The fraction of sp³-hybridized carbons (Fsp3) is 0.875. The summed E-state index contributed by atoms with van der Waals surface area (Å²) in [6, 6.07) is -23.1. The molecule has 0 spiro atoms. The van der Waals surface area contributed by atoms with Crippen molar-refractivity contribution in [3.05, 3.63) is 0 Å². The maximum atomic E-state index is 13.2. The lowest BCUT2D eigenvalue weighted by atomic mass is 9.92. The van der Waals surface area contributed by atoms with Crippen LogP contribution in [0.25, 0.3) is 0 Å². The molecule has 4 nitrogen and oxygen atoms in total. The molecule has 1 fully saturated rings. The van der Waals surface area contributed by atoms with Crippen molar-refractivity contribution >= 4 is 5.97 Å². The Morgan fingerprint density at radius 3 is 1.19 bits per heavy atom. The number of rotatable bonds is 3. The summed E-state index contributed by atoms with van der Waals surface area (Å²) in [7, 11) is 0. The molecule has 0 bridgehead atoms. The number of hydrogen-bond acceptors (Lipinski definition) is 3. The largest absolute Gasteiger partial charge is 0.477 e. The van der Waals surface area contributed by atoms with Crippen molar-refractivity contribution in [3.63, 3.8) is 0 Å². The molecule has 156 valence electrons. The van der Waals surface area contributed by atoms with E-state index < -0.39 is 52.7 Å². The zero-order chi connectivity index (χ0) is 20.7. The zero-order valence-electron chi connectivity index (χ0n) is 11.3. The van der Waals surface area contributed by atoms with Crippen molar-refractivity contribution in [2.45, 2.75) is 41.8 Å². The van der Waals surface area contributed by atoms with E-state index in [0.717, 1.165) is 0 Å². The third-order valence-electron chi connectivity index (χ3n) is 3.03. The Labute approximate surface area is 131 Å². The molecule has 0 saturated carbocycles. The highest BCUT2D eigenvalue weighted by Gasteiger charge is 2.99. The molecule has 1 aliphatic rings. The summed E-state index contributed by atoms with van der Waals surface area (Å²) in [5.74, 6) is -34.4. The predicted molar refractivity (Wildman–Crippen MR) is 49.1 cm³/mol. The minimum absolute atomic E-state index is 0. The van der Waals surface area contributed by atoms with Gasteiger partial charge in [0.05, 0.1) is 0 Å². The topological polar surface area (TPSA) is 75.5 Å². The standard InChI is InChI=1S/C8HF14NO2.H3N/c9-2(10,1(24)25)6(17,18)23-7(19,20)4(13,14)3(11,12)5(15,16)8(23,21)22;/h(H,24,25);1H3. The smallest absolute Gasteiger partial charge is 0.419 e. The summed E-state index contributed by atoms with van der Waals surface area (Å²) in [6.07, 6.45) is 0. The lowest BCUT2D eigenvalue weighted by Gasteiger charge is -2.53. The van der Waals surface area contributed by atoms with Gasteiger partial charge in [-0.05, 0) is 0 Å². The summed E-state index contributed by atoms with van der Waals surface area (Å²) < 4.78 is 182. The number of carboxylic acids is 1. The molecular formula is C8H4F14N2O2. The Hall–Kier alpha value is -1.59. The van der Waals surface area contributed by atoms with Gasteiger partial charge in [0.1, 0.15) is 0 Å². The first kappa shape index (κ1) is 24.4. The zero-order valence-corrected chi connectivity index (χ0v) is 11.3. The van der Waals surface area contributed by atoms with E-state index in [0.29, 0.717) is 0 Å². The number of likely N-dealkylation sites (tertiary alicyclic amines) is 1. The van der Waals surface area contributed by atoms with Crippen molar-refractivity contribution < 1.29 is 71.4 Å². The second kappa shape index (κ2) is 5.46. The number of carboxylic acid groups (broad SMARTS) is 1. The van der Waals surface area contributed by atoms with E-state index in [9.17, 15) is 66.3 Å². The number of aliphatic carboxylic acids is 1. The maximum absolute atomic E-state index is 13.2. The Bertz CT molecular complexity index is 557. The molecule has 1 aliphatic heterocycles. The molecule has 0 aromatic heterocycles. The van der Waals surface area contributed by atoms with Crippen molar-refractivity contribution in [2.75, 3.05) is 0 Å². The lowest BCUT2D eigenvalue weighted by molar-refractivity contribution is -0.544. The van der Waals surface area contributed by atoms with Gasteiger partial charge in [-0.15, -0.1) is 4.90 Å². The maximum Gasteiger partial charge on any atom is 0.419 e. The first-order valence-corrected chi connectivity index (χ1v) is 5.24. The molecule has 26 heavy (non-hydrogen) atoms. The van der Waals surface area contributed by atoms with Gasteiger partial charge >= 0.3 is 47.8 Å². The molecule has 0 aliphatic carbocycles. The van der Waals surface area contributed by atoms with Crippen molar-refractivity contribution in [1.29, 1.82) is 0 Å². The van der Waals surface area contributed by atoms with Crippen LogP contribution in [-0.2, 0) is 4.79 Å². The quantitative estimate of drug-likeness (QED) is 0.531. The molecular weight excluding hydrogens is 422 g/mol. The first-order chi connectivity index (χ1) is 10.6. The van der Waals surface area contributed by atoms with Crippen LogP contribution in [0.2, 0.25) is 0 Å². The van der Waals surface area contributed by atoms with Gasteiger partial charge in [-0.1, -0.05) is 0 Å². The van der Waals surface area contributed by atoms with Gasteiger partial charge in [-0.25, -0.2) is 4.79 Å². The van der Waals surface area contributed by atoms with E-state index in [1.165, 1.54) is 0 Å². The van der Waals surface area contributed by atoms with Crippen LogP contribution in [0.3, 0.4) is 0 Å². The first-order valence-electron chi connectivity index (χ1n) is 5.24. The third kappa shape index (κ3) is 2.26. The number of hydrogen-bond donors (Lipinski definition) is 2.